The second-order valence-electron chi connectivity index (χ2n) is 4.85. The van der Waals surface area contributed by atoms with Crippen molar-refractivity contribution in [3.8, 4) is 0 Å². The van der Waals surface area contributed by atoms with Crippen LogP contribution >= 0.6 is 0 Å². The summed E-state index contributed by atoms with van der Waals surface area (Å²) in [7, 11) is 0. The molecule has 1 aromatic carbocycles. The lowest BCUT2D eigenvalue weighted by Gasteiger charge is -2.14. The monoisotopic (exact) mass is 343 g/mol. The van der Waals surface area contributed by atoms with Crippen molar-refractivity contribution in [3.63, 3.8) is 0 Å². The molecule has 10 heteroatoms. The molecule has 1 aromatic rings. The van der Waals surface area contributed by atoms with Crippen LogP contribution in [0.3, 0.4) is 0 Å². The van der Waals surface area contributed by atoms with Gasteiger partial charge in [-0.3, -0.25) is 19.3 Å². The Morgan fingerprint density at radius 1 is 1.04 bits per heavy atom. The van der Waals surface area contributed by atoms with Gasteiger partial charge in [-0.1, -0.05) is 0 Å². The summed E-state index contributed by atoms with van der Waals surface area (Å²) in [4.78, 5) is 47.9. The van der Waals surface area contributed by atoms with Crippen LogP contribution in [0.2, 0.25) is 0 Å². The van der Waals surface area contributed by atoms with Crippen molar-refractivity contribution in [1.29, 1.82) is 0 Å². The molecule has 1 N–H and O–H groups in total. The first-order chi connectivity index (χ1) is 11.1. The Kier molecular flexibility index (Phi) is 4.58. The average Bonchev–Trinajstić information content (AvgIpc) is 2.70. The average molecular weight is 343 g/mol. The molecule has 0 aliphatic carbocycles. The van der Waals surface area contributed by atoms with Crippen LogP contribution in [0.15, 0.2) is 24.3 Å². The molecule has 1 heterocycles. The normalized spacial score (nSPS) is 15.2. The molecule has 1 fully saturated rings. The Labute approximate surface area is 134 Å². The fourth-order valence-electron chi connectivity index (χ4n) is 2.06. The standard InChI is InChI=1S/C14H12F3N3O4/c1-2-19-11(22)12(23)20(13(19)24)7-10(21)18-9-5-3-8(4-6-9)14(15,16)17/h3-6H,2,7H2,1H3,(H,18,21). The Morgan fingerprint density at radius 3 is 2.04 bits per heavy atom. The molecule has 0 spiro atoms. The lowest BCUT2D eigenvalue weighted by atomic mass is 10.2. The highest BCUT2D eigenvalue weighted by molar-refractivity contribution is 6.45. The maximum atomic E-state index is 12.4. The van der Waals surface area contributed by atoms with Gasteiger partial charge in [-0.15, -0.1) is 0 Å². The van der Waals surface area contributed by atoms with Crippen LogP contribution in [0.25, 0.3) is 0 Å². The summed E-state index contributed by atoms with van der Waals surface area (Å²) in [6.45, 7) is 0.774. The third kappa shape index (κ3) is 3.36. The number of rotatable bonds is 4. The Bertz CT molecular complexity index is 700. The molecule has 0 unspecified atom stereocenters. The van der Waals surface area contributed by atoms with Gasteiger partial charge >= 0.3 is 24.0 Å². The van der Waals surface area contributed by atoms with Gasteiger partial charge in [0.05, 0.1) is 5.56 Å². The number of nitrogens with zero attached hydrogens (tertiary/aromatic N) is 2. The molecule has 2 rings (SSSR count). The van der Waals surface area contributed by atoms with E-state index in [0.29, 0.717) is 9.80 Å². The van der Waals surface area contributed by atoms with E-state index in [1.807, 2.05) is 0 Å². The highest BCUT2D eigenvalue weighted by Crippen LogP contribution is 2.29. The maximum absolute atomic E-state index is 12.4. The van der Waals surface area contributed by atoms with Crippen molar-refractivity contribution in [1.82, 2.24) is 9.80 Å². The third-order valence-electron chi connectivity index (χ3n) is 3.25. The Morgan fingerprint density at radius 2 is 1.58 bits per heavy atom. The first-order valence-electron chi connectivity index (χ1n) is 6.79. The molecule has 0 atom stereocenters. The predicted octanol–water partition coefficient (Wildman–Crippen LogP) is 1.45. The molecule has 1 aliphatic heterocycles. The summed E-state index contributed by atoms with van der Waals surface area (Å²) in [5.41, 5.74) is -0.819. The zero-order valence-electron chi connectivity index (χ0n) is 12.4. The number of imide groups is 2. The highest BCUT2D eigenvalue weighted by Gasteiger charge is 2.44. The number of hydrogen-bond donors (Lipinski definition) is 1. The number of nitrogens with one attached hydrogen (secondary N) is 1. The number of carbonyl (C=O) groups excluding carboxylic acids is 4. The zero-order valence-corrected chi connectivity index (χ0v) is 12.4. The van der Waals surface area contributed by atoms with Gasteiger partial charge in [-0.2, -0.15) is 13.2 Å². The van der Waals surface area contributed by atoms with Crippen LogP contribution in [0, 0.1) is 0 Å². The van der Waals surface area contributed by atoms with Gasteiger partial charge in [0.2, 0.25) is 5.91 Å². The lowest BCUT2D eigenvalue weighted by Crippen LogP contribution is -2.38. The summed E-state index contributed by atoms with van der Waals surface area (Å²) in [5, 5.41) is 2.25. The summed E-state index contributed by atoms with van der Waals surface area (Å²) in [5.74, 6) is -2.96. The topological polar surface area (TPSA) is 86.8 Å². The van der Waals surface area contributed by atoms with Gasteiger partial charge in [0.25, 0.3) is 0 Å². The number of likely N-dealkylation sites (N-methyl/N-ethyl adjacent to an activating group) is 1. The number of alkyl halides is 3. The molecule has 0 bridgehead atoms. The van der Waals surface area contributed by atoms with E-state index < -0.39 is 42.0 Å². The molecule has 5 amide bonds. The number of anilines is 1. The smallest absolute Gasteiger partial charge is 0.325 e. The van der Waals surface area contributed by atoms with Gasteiger partial charge in [0.15, 0.2) is 0 Å². The largest absolute Gasteiger partial charge is 0.416 e. The van der Waals surface area contributed by atoms with Crippen LogP contribution in [-0.2, 0) is 20.6 Å². The number of urea groups is 1. The van der Waals surface area contributed by atoms with Gasteiger partial charge < -0.3 is 5.32 Å². The van der Waals surface area contributed by atoms with E-state index in [1.54, 1.807) is 0 Å². The van der Waals surface area contributed by atoms with Crippen molar-refractivity contribution in [2.24, 2.45) is 0 Å². The second kappa shape index (κ2) is 6.30. The lowest BCUT2D eigenvalue weighted by molar-refractivity contribution is -0.143. The molecule has 7 nitrogen and oxygen atoms in total. The van der Waals surface area contributed by atoms with Crippen molar-refractivity contribution < 1.29 is 32.3 Å². The van der Waals surface area contributed by atoms with E-state index in [-0.39, 0.29) is 12.2 Å². The summed E-state index contributed by atoms with van der Waals surface area (Å²) in [6.07, 6.45) is -4.50. The van der Waals surface area contributed by atoms with Crippen molar-refractivity contribution in [3.05, 3.63) is 29.8 Å². The molecular formula is C14H12F3N3O4. The quantitative estimate of drug-likeness (QED) is 0.662. The fourth-order valence-corrected chi connectivity index (χ4v) is 2.06. The molecule has 0 saturated carbocycles. The number of halogens is 3. The van der Waals surface area contributed by atoms with Crippen LogP contribution in [0.5, 0.6) is 0 Å². The first-order valence-corrected chi connectivity index (χ1v) is 6.79. The molecule has 128 valence electrons. The fraction of sp³-hybridized carbons (Fsp3) is 0.286. The summed E-state index contributed by atoms with van der Waals surface area (Å²) in [6, 6.07) is 2.74. The Balaban J connectivity index is 2.02. The van der Waals surface area contributed by atoms with Crippen LogP contribution in [-0.4, -0.2) is 46.6 Å². The molecule has 0 aromatic heterocycles. The molecule has 1 aliphatic rings. The van der Waals surface area contributed by atoms with E-state index >= 15 is 0 Å². The van der Waals surface area contributed by atoms with E-state index in [9.17, 15) is 32.3 Å². The van der Waals surface area contributed by atoms with Crippen LogP contribution in [0.1, 0.15) is 12.5 Å². The molecule has 0 radical (unpaired) electrons. The van der Waals surface area contributed by atoms with E-state index in [1.165, 1.54) is 6.92 Å². The minimum absolute atomic E-state index is 0.0135. The number of benzene rings is 1. The van der Waals surface area contributed by atoms with Crippen LogP contribution in [0.4, 0.5) is 23.7 Å². The highest BCUT2D eigenvalue weighted by atomic mass is 19.4. The van der Waals surface area contributed by atoms with E-state index in [4.69, 9.17) is 0 Å². The zero-order chi connectivity index (χ0) is 18.1. The summed E-state index contributed by atoms with van der Waals surface area (Å²) < 4.78 is 37.3. The first kappa shape index (κ1) is 17.4. The number of hydrogen-bond acceptors (Lipinski definition) is 4. The van der Waals surface area contributed by atoms with E-state index in [0.717, 1.165) is 24.3 Å². The number of amides is 5. The van der Waals surface area contributed by atoms with E-state index in [2.05, 4.69) is 5.32 Å². The van der Waals surface area contributed by atoms with Gasteiger partial charge in [-0.25, -0.2) is 9.69 Å². The summed E-state index contributed by atoms with van der Waals surface area (Å²) >= 11 is 0. The SMILES string of the molecule is CCN1C(=O)C(=O)N(CC(=O)Nc2ccc(C(F)(F)F)cc2)C1=O. The van der Waals surface area contributed by atoms with Crippen LogP contribution < -0.4 is 5.32 Å². The third-order valence-corrected chi connectivity index (χ3v) is 3.25. The molecule has 1 saturated heterocycles. The van der Waals surface area contributed by atoms with Gasteiger partial charge in [-0.05, 0) is 31.2 Å². The maximum Gasteiger partial charge on any atom is 0.416 e. The van der Waals surface area contributed by atoms with Crippen molar-refractivity contribution in [2.45, 2.75) is 13.1 Å². The van der Waals surface area contributed by atoms with Crippen molar-refractivity contribution >= 4 is 29.4 Å². The van der Waals surface area contributed by atoms with Crippen molar-refractivity contribution in [2.75, 3.05) is 18.4 Å². The molecule has 24 heavy (non-hydrogen) atoms. The predicted molar refractivity (Wildman–Crippen MR) is 74.6 cm³/mol. The Hall–Kier alpha value is -2.91. The molecular weight excluding hydrogens is 331 g/mol. The minimum atomic E-state index is -4.50. The van der Waals surface area contributed by atoms with Gasteiger partial charge in [0.1, 0.15) is 6.54 Å². The second-order valence-corrected chi connectivity index (χ2v) is 4.85. The number of carbonyl (C=O) groups is 4. The minimum Gasteiger partial charge on any atom is -0.325 e. The van der Waals surface area contributed by atoms with Gasteiger partial charge in [0, 0.05) is 12.2 Å².